The Labute approximate surface area is 206 Å². The molecule has 0 N–H and O–H groups in total. The third-order valence-corrected chi connectivity index (χ3v) is 6.11. The van der Waals surface area contributed by atoms with Crippen LogP contribution < -0.4 is 14.4 Å². The van der Waals surface area contributed by atoms with E-state index in [-0.39, 0.29) is 0 Å². The SMILES string of the molecule is COc1ccc(N(c2ccc(OC)cc2)c2ccc(-c3ccc(-c4ccccc4)cc3)cc2)cc1. The zero-order valence-corrected chi connectivity index (χ0v) is 19.9. The van der Waals surface area contributed by atoms with E-state index >= 15 is 0 Å². The Bertz CT molecular complexity index is 1310. The summed E-state index contributed by atoms with van der Waals surface area (Å²) < 4.78 is 10.7. The molecule has 0 aromatic heterocycles. The van der Waals surface area contributed by atoms with Gasteiger partial charge in [0.05, 0.1) is 14.2 Å². The summed E-state index contributed by atoms with van der Waals surface area (Å²) in [6.07, 6.45) is 0. The van der Waals surface area contributed by atoms with E-state index in [0.29, 0.717) is 0 Å². The molecule has 0 amide bonds. The Morgan fingerprint density at radius 1 is 0.371 bits per heavy atom. The van der Waals surface area contributed by atoms with Gasteiger partial charge in [-0.15, -0.1) is 0 Å². The number of rotatable bonds is 7. The predicted octanol–water partition coefficient (Wildman–Crippen LogP) is 8.51. The molecule has 5 aromatic carbocycles. The average Bonchev–Trinajstić information content (AvgIpc) is 2.95. The molecule has 0 aliphatic rings. The zero-order chi connectivity index (χ0) is 24.0. The van der Waals surface area contributed by atoms with Crippen LogP contribution in [0.1, 0.15) is 0 Å². The Kier molecular flexibility index (Phi) is 6.49. The van der Waals surface area contributed by atoms with Crippen molar-refractivity contribution in [3.8, 4) is 33.8 Å². The number of benzene rings is 5. The van der Waals surface area contributed by atoms with E-state index < -0.39 is 0 Å². The van der Waals surface area contributed by atoms with Crippen molar-refractivity contribution in [3.63, 3.8) is 0 Å². The van der Waals surface area contributed by atoms with Crippen molar-refractivity contribution in [1.82, 2.24) is 0 Å². The third kappa shape index (κ3) is 4.90. The van der Waals surface area contributed by atoms with Crippen molar-refractivity contribution in [3.05, 3.63) is 127 Å². The molecule has 0 aliphatic heterocycles. The van der Waals surface area contributed by atoms with Crippen molar-refractivity contribution >= 4 is 17.1 Å². The summed E-state index contributed by atoms with van der Waals surface area (Å²) >= 11 is 0. The largest absolute Gasteiger partial charge is 0.497 e. The highest BCUT2D eigenvalue weighted by Crippen LogP contribution is 2.37. The normalized spacial score (nSPS) is 10.6. The van der Waals surface area contributed by atoms with Crippen molar-refractivity contribution in [2.75, 3.05) is 19.1 Å². The number of nitrogens with zero attached hydrogens (tertiary/aromatic N) is 1. The minimum Gasteiger partial charge on any atom is -0.497 e. The fourth-order valence-corrected chi connectivity index (χ4v) is 4.20. The molecule has 3 nitrogen and oxygen atoms in total. The lowest BCUT2D eigenvalue weighted by Crippen LogP contribution is -2.09. The second-order valence-electron chi connectivity index (χ2n) is 8.22. The Hall–Kier alpha value is -4.50. The quantitative estimate of drug-likeness (QED) is 0.244. The molecular weight excluding hydrogens is 430 g/mol. The summed E-state index contributed by atoms with van der Waals surface area (Å²) in [6, 6.07) is 44.0. The topological polar surface area (TPSA) is 21.7 Å². The van der Waals surface area contributed by atoms with Gasteiger partial charge < -0.3 is 14.4 Å². The minimum atomic E-state index is 0.831. The first-order valence-electron chi connectivity index (χ1n) is 11.6. The summed E-state index contributed by atoms with van der Waals surface area (Å²) in [5, 5.41) is 0. The molecule has 0 unspecified atom stereocenters. The molecule has 0 radical (unpaired) electrons. The summed E-state index contributed by atoms with van der Waals surface area (Å²) in [7, 11) is 3.36. The number of methoxy groups -OCH3 is 2. The van der Waals surface area contributed by atoms with Crippen LogP contribution in [-0.2, 0) is 0 Å². The van der Waals surface area contributed by atoms with Gasteiger partial charge in [0.2, 0.25) is 0 Å². The van der Waals surface area contributed by atoms with E-state index in [2.05, 4.69) is 102 Å². The number of ether oxygens (including phenoxy) is 2. The van der Waals surface area contributed by atoms with E-state index in [1.54, 1.807) is 14.2 Å². The molecule has 3 heteroatoms. The number of hydrogen-bond acceptors (Lipinski definition) is 3. The van der Waals surface area contributed by atoms with Crippen molar-refractivity contribution in [2.24, 2.45) is 0 Å². The van der Waals surface area contributed by atoms with Gasteiger partial charge in [-0.1, -0.05) is 66.7 Å². The Morgan fingerprint density at radius 3 is 1.06 bits per heavy atom. The van der Waals surface area contributed by atoms with Gasteiger partial charge in [0.15, 0.2) is 0 Å². The summed E-state index contributed by atoms with van der Waals surface area (Å²) in [5.41, 5.74) is 7.99. The first kappa shape index (κ1) is 22.3. The van der Waals surface area contributed by atoms with Gasteiger partial charge in [-0.2, -0.15) is 0 Å². The van der Waals surface area contributed by atoms with Gasteiger partial charge in [-0.3, -0.25) is 0 Å². The lowest BCUT2D eigenvalue weighted by molar-refractivity contribution is 0.415. The fraction of sp³-hybridized carbons (Fsp3) is 0.0625. The van der Waals surface area contributed by atoms with Crippen LogP contribution >= 0.6 is 0 Å². The fourth-order valence-electron chi connectivity index (χ4n) is 4.20. The highest BCUT2D eigenvalue weighted by atomic mass is 16.5. The predicted molar refractivity (Wildman–Crippen MR) is 145 cm³/mol. The van der Waals surface area contributed by atoms with Crippen LogP contribution in [0.3, 0.4) is 0 Å². The van der Waals surface area contributed by atoms with Crippen molar-refractivity contribution in [2.45, 2.75) is 0 Å². The highest BCUT2D eigenvalue weighted by molar-refractivity contribution is 5.79. The molecular formula is C32H27NO2. The monoisotopic (exact) mass is 457 g/mol. The smallest absolute Gasteiger partial charge is 0.119 e. The van der Waals surface area contributed by atoms with E-state index in [1.165, 1.54) is 22.3 Å². The maximum atomic E-state index is 5.36. The molecule has 0 atom stereocenters. The number of anilines is 3. The van der Waals surface area contributed by atoms with Crippen LogP contribution in [0.5, 0.6) is 11.5 Å². The first-order valence-corrected chi connectivity index (χ1v) is 11.6. The van der Waals surface area contributed by atoms with Gasteiger partial charge >= 0.3 is 0 Å². The van der Waals surface area contributed by atoms with Crippen LogP contribution in [0.25, 0.3) is 22.3 Å². The molecule has 0 spiro atoms. The van der Waals surface area contributed by atoms with Crippen molar-refractivity contribution < 1.29 is 9.47 Å². The maximum absolute atomic E-state index is 5.36. The van der Waals surface area contributed by atoms with Crippen LogP contribution in [0.4, 0.5) is 17.1 Å². The summed E-state index contributed by atoms with van der Waals surface area (Å²) in [5.74, 6) is 1.66. The van der Waals surface area contributed by atoms with Crippen molar-refractivity contribution in [1.29, 1.82) is 0 Å². The summed E-state index contributed by atoms with van der Waals surface area (Å²) in [6.45, 7) is 0. The molecule has 35 heavy (non-hydrogen) atoms. The molecule has 0 fully saturated rings. The molecule has 5 aromatic rings. The van der Waals surface area contributed by atoms with Gasteiger partial charge in [-0.05, 0) is 82.9 Å². The van der Waals surface area contributed by atoms with Crippen LogP contribution in [0, 0.1) is 0 Å². The summed E-state index contributed by atoms with van der Waals surface area (Å²) in [4.78, 5) is 2.22. The molecule has 172 valence electrons. The number of hydrogen-bond donors (Lipinski definition) is 0. The first-order chi connectivity index (χ1) is 17.2. The lowest BCUT2D eigenvalue weighted by atomic mass is 10.00. The minimum absolute atomic E-state index is 0.831. The molecule has 0 aliphatic carbocycles. The Balaban J connectivity index is 1.46. The molecule has 5 rings (SSSR count). The second-order valence-corrected chi connectivity index (χ2v) is 8.22. The van der Waals surface area contributed by atoms with E-state index in [0.717, 1.165) is 28.6 Å². The van der Waals surface area contributed by atoms with Gasteiger partial charge in [0.25, 0.3) is 0 Å². The second kappa shape index (κ2) is 10.2. The maximum Gasteiger partial charge on any atom is 0.119 e. The molecule has 0 bridgehead atoms. The molecule has 0 saturated heterocycles. The zero-order valence-electron chi connectivity index (χ0n) is 19.9. The molecule has 0 saturated carbocycles. The standard InChI is InChI=1S/C32H27NO2/c1-34-31-20-16-29(17-21-31)33(30-18-22-32(35-2)23-19-30)28-14-12-27(13-15-28)26-10-8-25(9-11-26)24-6-4-3-5-7-24/h3-23H,1-2H3. The van der Waals surface area contributed by atoms with E-state index in [9.17, 15) is 0 Å². The van der Waals surface area contributed by atoms with E-state index in [4.69, 9.17) is 9.47 Å². The van der Waals surface area contributed by atoms with Gasteiger partial charge in [-0.25, -0.2) is 0 Å². The van der Waals surface area contributed by atoms with Gasteiger partial charge in [0.1, 0.15) is 11.5 Å². The van der Waals surface area contributed by atoms with Gasteiger partial charge in [0, 0.05) is 17.1 Å². The average molecular weight is 458 g/mol. The van der Waals surface area contributed by atoms with Crippen LogP contribution in [0.15, 0.2) is 127 Å². The molecule has 0 heterocycles. The Morgan fingerprint density at radius 2 is 0.686 bits per heavy atom. The lowest BCUT2D eigenvalue weighted by Gasteiger charge is -2.26. The van der Waals surface area contributed by atoms with E-state index in [1.807, 2.05) is 30.3 Å². The highest BCUT2D eigenvalue weighted by Gasteiger charge is 2.13. The third-order valence-electron chi connectivity index (χ3n) is 6.11. The van der Waals surface area contributed by atoms with Crippen LogP contribution in [-0.4, -0.2) is 14.2 Å². The van der Waals surface area contributed by atoms with Crippen LogP contribution in [0.2, 0.25) is 0 Å².